The molecule has 1 heterocycles. The van der Waals surface area contributed by atoms with Crippen molar-refractivity contribution in [1.82, 2.24) is 4.98 Å². The van der Waals surface area contributed by atoms with Gasteiger partial charge in [-0.15, -0.1) is 0 Å². The molecule has 5 heteroatoms. The Morgan fingerprint density at radius 1 is 0.917 bits per heavy atom. The average Bonchev–Trinajstić information content (AvgIpc) is 2.58. The Hall–Kier alpha value is -1.91. The van der Waals surface area contributed by atoms with E-state index in [0.29, 0.717) is 25.0 Å². The minimum atomic E-state index is -0.507. The second-order valence-electron chi connectivity index (χ2n) is 6.39. The van der Waals surface area contributed by atoms with Gasteiger partial charge in [0.15, 0.2) is 0 Å². The van der Waals surface area contributed by atoms with Crippen LogP contribution in [0.5, 0.6) is 0 Å². The summed E-state index contributed by atoms with van der Waals surface area (Å²) in [5.74, 6) is -0.391. The number of rotatable bonds is 10. The molecular formula is C19H29NO4. The molecule has 0 fully saturated rings. The molecule has 0 aliphatic heterocycles. The fraction of sp³-hybridized carbons (Fsp3) is 0.632. The maximum atomic E-state index is 12.0. The number of ether oxygens (including phenoxy) is 2. The fourth-order valence-corrected chi connectivity index (χ4v) is 2.40. The molecule has 0 aromatic carbocycles. The number of nitrogens with zero attached hydrogens (tertiary/aromatic N) is 1. The van der Waals surface area contributed by atoms with E-state index >= 15 is 0 Å². The first-order chi connectivity index (χ1) is 11.5. The number of carbonyl (C=O) groups excluding carboxylic acids is 2. The summed E-state index contributed by atoms with van der Waals surface area (Å²) in [5.41, 5.74) is 0.268. The van der Waals surface area contributed by atoms with Gasteiger partial charge in [0.1, 0.15) is 11.4 Å². The Kier molecular flexibility index (Phi) is 9.05. The molecule has 0 aliphatic carbocycles. The molecule has 2 unspecified atom stereocenters. The van der Waals surface area contributed by atoms with Gasteiger partial charge in [0.2, 0.25) is 0 Å². The summed E-state index contributed by atoms with van der Waals surface area (Å²) in [7, 11) is 0. The predicted molar refractivity (Wildman–Crippen MR) is 92.9 cm³/mol. The lowest BCUT2D eigenvalue weighted by atomic mass is 10.1. The lowest BCUT2D eigenvalue weighted by Crippen LogP contribution is -2.17. The van der Waals surface area contributed by atoms with Gasteiger partial charge in [-0.25, -0.2) is 14.6 Å². The van der Waals surface area contributed by atoms with Crippen molar-refractivity contribution in [2.45, 2.75) is 53.4 Å². The molecule has 5 nitrogen and oxygen atoms in total. The molecule has 1 rings (SSSR count). The second kappa shape index (κ2) is 10.8. The molecule has 0 saturated heterocycles. The summed E-state index contributed by atoms with van der Waals surface area (Å²) in [6, 6.07) is 4.71. The van der Waals surface area contributed by atoms with Crippen molar-refractivity contribution >= 4 is 11.9 Å². The highest BCUT2D eigenvalue weighted by atomic mass is 16.5. The molecule has 24 heavy (non-hydrogen) atoms. The summed E-state index contributed by atoms with van der Waals surface area (Å²) in [5, 5.41) is 0. The maximum absolute atomic E-state index is 12.0. The Bertz CT molecular complexity index is 487. The Morgan fingerprint density at radius 2 is 1.33 bits per heavy atom. The van der Waals surface area contributed by atoms with Gasteiger partial charge in [0.25, 0.3) is 0 Å². The highest BCUT2D eigenvalue weighted by Crippen LogP contribution is 2.10. The van der Waals surface area contributed by atoms with Crippen molar-refractivity contribution < 1.29 is 19.1 Å². The van der Waals surface area contributed by atoms with Crippen molar-refractivity contribution in [1.29, 1.82) is 0 Å². The highest BCUT2D eigenvalue weighted by molar-refractivity contribution is 5.91. The maximum Gasteiger partial charge on any atom is 0.356 e. The molecule has 0 spiro atoms. The third-order valence-electron chi connectivity index (χ3n) is 3.73. The van der Waals surface area contributed by atoms with Crippen LogP contribution >= 0.6 is 0 Å². The van der Waals surface area contributed by atoms with Crippen molar-refractivity contribution in [3.63, 3.8) is 0 Å². The summed E-state index contributed by atoms with van der Waals surface area (Å²) in [4.78, 5) is 28.2. The van der Waals surface area contributed by atoms with Crippen molar-refractivity contribution in [2.24, 2.45) is 11.8 Å². The van der Waals surface area contributed by atoms with Crippen LogP contribution in [-0.2, 0) is 9.47 Å². The van der Waals surface area contributed by atoms with Gasteiger partial charge >= 0.3 is 11.9 Å². The monoisotopic (exact) mass is 335 g/mol. The minimum absolute atomic E-state index is 0.134. The molecule has 1 aromatic heterocycles. The van der Waals surface area contributed by atoms with Gasteiger partial charge in [-0.05, 0) is 36.8 Å². The zero-order valence-corrected chi connectivity index (χ0v) is 15.2. The Balaban J connectivity index is 2.59. The van der Waals surface area contributed by atoms with Crippen LogP contribution in [0.3, 0.4) is 0 Å². The molecular weight excluding hydrogens is 306 g/mol. The number of hydrogen-bond acceptors (Lipinski definition) is 5. The quantitative estimate of drug-likeness (QED) is 0.597. The minimum Gasteiger partial charge on any atom is -0.461 e. The molecule has 0 amide bonds. The van der Waals surface area contributed by atoms with Crippen LogP contribution < -0.4 is 0 Å². The van der Waals surface area contributed by atoms with Gasteiger partial charge < -0.3 is 9.47 Å². The normalized spacial score (nSPS) is 13.2. The standard InChI is InChI=1S/C19H29NO4/c1-5-8-14(3)12-23-18(21)16-10-7-11-17(20-16)19(22)24-13-15(4)9-6-2/h7,10-11,14-15H,5-6,8-9,12-13H2,1-4H3. The number of aromatic nitrogens is 1. The predicted octanol–water partition coefficient (Wildman–Crippen LogP) is 4.27. The van der Waals surface area contributed by atoms with Gasteiger partial charge in [-0.1, -0.05) is 46.6 Å². The van der Waals surface area contributed by atoms with E-state index in [2.05, 4.69) is 18.8 Å². The van der Waals surface area contributed by atoms with E-state index in [1.807, 2.05) is 13.8 Å². The molecule has 0 bridgehead atoms. The van der Waals surface area contributed by atoms with E-state index in [0.717, 1.165) is 25.7 Å². The summed E-state index contributed by atoms with van der Waals surface area (Å²) in [6.45, 7) is 8.98. The first-order valence-electron chi connectivity index (χ1n) is 8.79. The fourth-order valence-electron chi connectivity index (χ4n) is 2.40. The van der Waals surface area contributed by atoms with Crippen molar-refractivity contribution in [3.05, 3.63) is 29.6 Å². The van der Waals surface area contributed by atoms with E-state index < -0.39 is 11.9 Å². The topological polar surface area (TPSA) is 65.5 Å². The number of hydrogen-bond donors (Lipinski definition) is 0. The third kappa shape index (κ3) is 7.11. The van der Waals surface area contributed by atoms with E-state index in [1.54, 1.807) is 18.2 Å². The molecule has 0 N–H and O–H groups in total. The van der Waals surface area contributed by atoms with Gasteiger partial charge in [-0.2, -0.15) is 0 Å². The van der Waals surface area contributed by atoms with Crippen LogP contribution in [0, 0.1) is 11.8 Å². The summed E-state index contributed by atoms with van der Waals surface area (Å²) >= 11 is 0. The first kappa shape index (κ1) is 20.1. The Morgan fingerprint density at radius 3 is 1.71 bits per heavy atom. The lowest BCUT2D eigenvalue weighted by molar-refractivity contribution is 0.0427. The van der Waals surface area contributed by atoms with Crippen LogP contribution in [0.2, 0.25) is 0 Å². The lowest BCUT2D eigenvalue weighted by Gasteiger charge is -2.12. The van der Waals surface area contributed by atoms with E-state index in [-0.39, 0.29) is 11.4 Å². The zero-order chi connectivity index (χ0) is 17.9. The molecule has 0 radical (unpaired) electrons. The van der Waals surface area contributed by atoms with E-state index in [4.69, 9.17) is 9.47 Å². The molecule has 0 saturated carbocycles. The van der Waals surface area contributed by atoms with Crippen LogP contribution in [0.1, 0.15) is 74.4 Å². The molecule has 134 valence electrons. The average molecular weight is 335 g/mol. The largest absolute Gasteiger partial charge is 0.461 e. The molecule has 0 aliphatic rings. The number of pyridine rings is 1. The SMILES string of the molecule is CCCC(C)COC(=O)c1cccc(C(=O)OCC(C)CCC)n1. The Labute approximate surface area is 144 Å². The number of esters is 2. The van der Waals surface area contributed by atoms with Crippen molar-refractivity contribution in [3.8, 4) is 0 Å². The summed E-state index contributed by atoms with van der Waals surface area (Å²) < 4.78 is 10.5. The summed E-state index contributed by atoms with van der Waals surface area (Å²) in [6.07, 6.45) is 4.11. The zero-order valence-electron chi connectivity index (χ0n) is 15.2. The van der Waals surface area contributed by atoms with E-state index in [1.165, 1.54) is 0 Å². The third-order valence-corrected chi connectivity index (χ3v) is 3.73. The van der Waals surface area contributed by atoms with Crippen LogP contribution in [0.15, 0.2) is 18.2 Å². The molecule has 1 aromatic rings. The second-order valence-corrected chi connectivity index (χ2v) is 6.39. The van der Waals surface area contributed by atoms with Crippen LogP contribution in [0.4, 0.5) is 0 Å². The number of carbonyl (C=O) groups is 2. The van der Waals surface area contributed by atoms with E-state index in [9.17, 15) is 9.59 Å². The smallest absolute Gasteiger partial charge is 0.356 e. The van der Waals surface area contributed by atoms with Crippen molar-refractivity contribution in [2.75, 3.05) is 13.2 Å². The van der Waals surface area contributed by atoms with Gasteiger partial charge in [-0.3, -0.25) is 0 Å². The van der Waals surface area contributed by atoms with Gasteiger partial charge in [0, 0.05) is 0 Å². The van der Waals surface area contributed by atoms with Crippen LogP contribution in [-0.4, -0.2) is 30.1 Å². The van der Waals surface area contributed by atoms with Crippen LogP contribution in [0.25, 0.3) is 0 Å². The molecule has 2 atom stereocenters. The highest BCUT2D eigenvalue weighted by Gasteiger charge is 2.16. The first-order valence-corrected chi connectivity index (χ1v) is 8.79. The van der Waals surface area contributed by atoms with Gasteiger partial charge in [0.05, 0.1) is 13.2 Å².